The van der Waals surface area contributed by atoms with Gasteiger partial charge in [-0.15, -0.1) is 0 Å². The largest absolute Gasteiger partial charge is 0.464 e. The monoisotopic (exact) mass is 158 g/mol. The van der Waals surface area contributed by atoms with Crippen molar-refractivity contribution in [2.75, 3.05) is 6.61 Å². The molecule has 1 fully saturated rings. The third kappa shape index (κ3) is 2.19. The molecule has 2 atom stereocenters. The molecule has 1 rings (SSSR count). The van der Waals surface area contributed by atoms with Gasteiger partial charge in [0.2, 0.25) is 0 Å². The van der Waals surface area contributed by atoms with Crippen molar-refractivity contribution in [1.82, 2.24) is 0 Å². The van der Waals surface area contributed by atoms with Gasteiger partial charge in [0.25, 0.3) is 0 Å². The molecule has 0 N–H and O–H groups in total. The summed E-state index contributed by atoms with van der Waals surface area (Å²) in [6.07, 6.45) is 1.68. The fraction of sp³-hybridized carbons (Fsp3) is 0.875. The van der Waals surface area contributed by atoms with Crippen LogP contribution in [0.5, 0.6) is 0 Å². The molecule has 1 aliphatic heterocycles. The molecule has 3 nitrogen and oxygen atoms in total. The lowest BCUT2D eigenvalue weighted by molar-refractivity contribution is -0.155. The molecule has 0 aromatic rings. The quantitative estimate of drug-likeness (QED) is 0.565. The van der Waals surface area contributed by atoms with E-state index < -0.39 is 0 Å². The minimum atomic E-state index is -0.301. The van der Waals surface area contributed by atoms with E-state index in [2.05, 4.69) is 0 Å². The molecule has 11 heavy (non-hydrogen) atoms. The highest BCUT2D eigenvalue weighted by molar-refractivity contribution is 5.74. The molecular weight excluding hydrogens is 144 g/mol. The molecule has 0 radical (unpaired) electrons. The zero-order valence-corrected chi connectivity index (χ0v) is 7.00. The van der Waals surface area contributed by atoms with Crippen molar-refractivity contribution in [3.05, 3.63) is 0 Å². The van der Waals surface area contributed by atoms with Crippen molar-refractivity contribution >= 4 is 5.97 Å². The van der Waals surface area contributed by atoms with E-state index in [0.29, 0.717) is 6.61 Å². The van der Waals surface area contributed by atoms with Gasteiger partial charge >= 0.3 is 5.97 Å². The lowest BCUT2D eigenvalue weighted by atomic mass is 10.2. The first-order valence-corrected chi connectivity index (χ1v) is 4.06. The Morgan fingerprint density at radius 3 is 2.82 bits per heavy atom. The SMILES string of the molecule is CCOC(=O)C1CCC(C)O1. The Morgan fingerprint density at radius 2 is 2.36 bits per heavy atom. The molecule has 0 aromatic heterocycles. The van der Waals surface area contributed by atoms with Crippen LogP contribution in [0.1, 0.15) is 26.7 Å². The number of hydrogen-bond acceptors (Lipinski definition) is 3. The minimum Gasteiger partial charge on any atom is -0.464 e. The standard InChI is InChI=1S/C8H14O3/c1-3-10-8(9)7-5-4-6(2)11-7/h6-7H,3-5H2,1-2H3. The number of ether oxygens (including phenoxy) is 2. The Kier molecular flexibility index (Phi) is 2.88. The van der Waals surface area contributed by atoms with E-state index in [1.165, 1.54) is 0 Å². The average molecular weight is 158 g/mol. The smallest absolute Gasteiger partial charge is 0.335 e. The van der Waals surface area contributed by atoms with Gasteiger partial charge < -0.3 is 9.47 Å². The van der Waals surface area contributed by atoms with E-state index in [1.807, 2.05) is 6.92 Å². The van der Waals surface area contributed by atoms with Crippen LogP contribution in [0.3, 0.4) is 0 Å². The van der Waals surface area contributed by atoms with Crippen LogP contribution >= 0.6 is 0 Å². The summed E-state index contributed by atoms with van der Waals surface area (Å²) in [5.41, 5.74) is 0. The molecular formula is C8H14O3. The maximum absolute atomic E-state index is 11.0. The highest BCUT2D eigenvalue weighted by atomic mass is 16.6. The first-order chi connectivity index (χ1) is 5.24. The molecule has 3 heteroatoms. The average Bonchev–Trinajstić information content (AvgIpc) is 2.36. The fourth-order valence-corrected chi connectivity index (χ4v) is 1.21. The van der Waals surface area contributed by atoms with Crippen LogP contribution in [0.4, 0.5) is 0 Å². The summed E-state index contributed by atoms with van der Waals surface area (Å²) in [5.74, 6) is -0.211. The number of carbonyl (C=O) groups is 1. The summed E-state index contributed by atoms with van der Waals surface area (Å²) in [6.45, 7) is 4.21. The second-order valence-electron chi connectivity index (χ2n) is 2.76. The van der Waals surface area contributed by atoms with Crippen molar-refractivity contribution < 1.29 is 14.3 Å². The van der Waals surface area contributed by atoms with Crippen molar-refractivity contribution in [2.45, 2.75) is 38.9 Å². The summed E-state index contributed by atoms with van der Waals surface area (Å²) in [4.78, 5) is 11.0. The van der Waals surface area contributed by atoms with Crippen LogP contribution in [-0.4, -0.2) is 24.8 Å². The first-order valence-electron chi connectivity index (χ1n) is 4.06. The van der Waals surface area contributed by atoms with Crippen molar-refractivity contribution in [1.29, 1.82) is 0 Å². The number of esters is 1. The zero-order valence-electron chi connectivity index (χ0n) is 7.00. The lowest BCUT2D eigenvalue weighted by Crippen LogP contribution is -2.23. The zero-order chi connectivity index (χ0) is 8.27. The molecule has 2 unspecified atom stereocenters. The van der Waals surface area contributed by atoms with Crippen molar-refractivity contribution in [3.8, 4) is 0 Å². The second kappa shape index (κ2) is 3.72. The second-order valence-corrected chi connectivity index (χ2v) is 2.76. The molecule has 1 saturated heterocycles. The van der Waals surface area contributed by atoms with Gasteiger partial charge in [-0.2, -0.15) is 0 Å². The van der Waals surface area contributed by atoms with Gasteiger partial charge in [-0.1, -0.05) is 0 Å². The number of carbonyl (C=O) groups excluding carboxylic acids is 1. The number of rotatable bonds is 2. The predicted octanol–water partition coefficient (Wildman–Crippen LogP) is 1.12. The van der Waals surface area contributed by atoms with E-state index in [4.69, 9.17) is 9.47 Å². The normalized spacial score (nSPS) is 30.4. The highest BCUT2D eigenvalue weighted by Gasteiger charge is 2.28. The van der Waals surface area contributed by atoms with Crippen molar-refractivity contribution in [3.63, 3.8) is 0 Å². The van der Waals surface area contributed by atoms with E-state index in [1.54, 1.807) is 6.92 Å². The minimum absolute atomic E-state index is 0.211. The Labute approximate surface area is 66.7 Å². The maximum Gasteiger partial charge on any atom is 0.335 e. The third-order valence-corrected chi connectivity index (χ3v) is 1.78. The van der Waals surface area contributed by atoms with Crippen LogP contribution in [0.15, 0.2) is 0 Å². The highest BCUT2D eigenvalue weighted by Crippen LogP contribution is 2.19. The van der Waals surface area contributed by atoms with Crippen molar-refractivity contribution in [2.24, 2.45) is 0 Å². The molecule has 0 aliphatic carbocycles. The maximum atomic E-state index is 11.0. The van der Waals surface area contributed by atoms with E-state index in [-0.39, 0.29) is 18.2 Å². The summed E-state index contributed by atoms with van der Waals surface area (Å²) < 4.78 is 10.1. The van der Waals surface area contributed by atoms with Gasteiger partial charge in [0.05, 0.1) is 12.7 Å². The van der Waals surface area contributed by atoms with Gasteiger partial charge in [-0.25, -0.2) is 4.79 Å². The van der Waals surface area contributed by atoms with Crippen LogP contribution in [-0.2, 0) is 14.3 Å². The molecule has 64 valence electrons. The van der Waals surface area contributed by atoms with Gasteiger partial charge in [-0.05, 0) is 26.7 Å². The molecule has 0 aromatic carbocycles. The molecule has 1 aliphatic rings. The molecule has 0 spiro atoms. The first kappa shape index (κ1) is 8.53. The summed E-state index contributed by atoms with van der Waals surface area (Å²) in [7, 11) is 0. The Balaban J connectivity index is 2.31. The molecule has 0 bridgehead atoms. The summed E-state index contributed by atoms with van der Waals surface area (Å²) in [6, 6.07) is 0. The Hall–Kier alpha value is -0.570. The van der Waals surface area contributed by atoms with Crippen LogP contribution < -0.4 is 0 Å². The van der Waals surface area contributed by atoms with Crippen LogP contribution in [0.25, 0.3) is 0 Å². The van der Waals surface area contributed by atoms with Gasteiger partial charge in [0.1, 0.15) is 0 Å². The lowest BCUT2D eigenvalue weighted by Gasteiger charge is -2.08. The van der Waals surface area contributed by atoms with Gasteiger partial charge in [0, 0.05) is 0 Å². The van der Waals surface area contributed by atoms with Crippen LogP contribution in [0.2, 0.25) is 0 Å². The Morgan fingerprint density at radius 1 is 1.64 bits per heavy atom. The topological polar surface area (TPSA) is 35.5 Å². The fourth-order valence-electron chi connectivity index (χ4n) is 1.21. The van der Waals surface area contributed by atoms with Crippen LogP contribution in [0, 0.1) is 0 Å². The van der Waals surface area contributed by atoms with Gasteiger partial charge in [0.15, 0.2) is 6.10 Å². The molecule has 0 amide bonds. The third-order valence-electron chi connectivity index (χ3n) is 1.78. The van der Waals surface area contributed by atoms with E-state index in [9.17, 15) is 4.79 Å². The molecule has 0 saturated carbocycles. The molecule has 1 heterocycles. The predicted molar refractivity (Wildman–Crippen MR) is 40.2 cm³/mol. The van der Waals surface area contributed by atoms with E-state index in [0.717, 1.165) is 12.8 Å². The summed E-state index contributed by atoms with van der Waals surface area (Å²) in [5, 5.41) is 0. The summed E-state index contributed by atoms with van der Waals surface area (Å²) >= 11 is 0. The van der Waals surface area contributed by atoms with Gasteiger partial charge in [-0.3, -0.25) is 0 Å². The Bertz CT molecular complexity index is 144. The number of hydrogen-bond donors (Lipinski definition) is 0. The van der Waals surface area contributed by atoms with E-state index >= 15 is 0 Å².